The van der Waals surface area contributed by atoms with E-state index in [1.165, 1.54) is 0 Å². The van der Waals surface area contributed by atoms with Crippen LogP contribution in [0.25, 0.3) is 0 Å². The molecule has 0 saturated carbocycles. The molecule has 2 atom stereocenters. The second-order valence-corrected chi connectivity index (χ2v) is 4.67. The van der Waals surface area contributed by atoms with Crippen LogP contribution >= 0.6 is 0 Å². The number of aliphatic carboxylic acids is 1. The van der Waals surface area contributed by atoms with Crippen LogP contribution in [0.2, 0.25) is 0 Å². The van der Waals surface area contributed by atoms with Gasteiger partial charge < -0.3 is 9.84 Å². The van der Waals surface area contributed by atoms with Crippen LogP contribution in [0.15, 0.2) is 18.2 Å². The largest absolute Gasteiger partial charge is 0.481 e. The fourth-order valence-electron chi connectivity index (χ4n) is 2.39. The van der Waals surface area contributed by atoms with Gasteiger partial charge in [-0.15, -0.1) is 0 Å². The molecule has 0 aromatic carbocycles. The van der Waals surface area contributed by atoms with Crippen LogP contribution in [0.5, 0.6) is 0 Å². The first-order chi connectivity index (χ1) is 8.04. The van der Waals surface area contributed by atoms with E-state index in [-0.39, 0.29) is 6.10 Å². The molecule has 4 heteroatoms. The van der Waals surface area contributed by atoms with Gasteiger partial charge >= 0.3 is 5.97 Å². The summed E-state index contributed by atoms with van der Waals surface area (Å²) in [4.78, 5) is 15.9. The van der Waals surface area contributed by atoms with E-state index in [0.29, 0.717) is 19.4 Å². The molecule has 1 aliphatic rings. The SMILES string of the molecule is Cc1cccc(CC2(C(=O)O)CCOC2C)n1. The minimum atomic E-state index is -0.819. The van der Waals surface area contributed by atoms with Gasteiger partial charge in [0, 0.05) is 24.4 Å². The van der Waals surface area contributed by atoms with Crippen LogP contribution in [0.1, 0.15) is 24.7 Å². The number of carboxylic acid groups (broad SMARTS) is 1. The monoisotopic (exact) mass is 235 g/mol. The third-order valence-corrected chi connectivity index (χ3v) is 3.56. The molecular weight excluding hydrogens is 218 g/mol. The van der Waals surface area contributed by atoms with Crippen molar-refractivity contribution in [1.29, 1.82) is 0 Å². The van der Waals surface area contributed by atoms with Crippen molar-refractivity contribution in [2.24, 2.45) is 5.41 Å². The van der Waals surface area contributed by atoms with E-state index in [0.717, 1.165) is 11.4 Å². The average Bonchev–Trinajstić information content (AvgIpc) is 2.61. The maximum atomic E-state index is 11.5. The summed E-state index contributed by atoms with van der Waals surface area (Å²) in [6.45, 7) is 4.25. The smallest absolute Gasteiger partial charge is 0.312 e. The van der Waals surface area contributed by atoms with E-state index in [9.17, 15) is 9.90 Å². The molecule has 0 radical (unpaired) electrons. The van der Waals surface area contributed by atoms with Crippen LogP contribution in [0.4, 0.5) is 0 Å². The van der Waals surface area contributed by atoms with Gasteiger partial charge in [0.05, 0.1) is 6.10 Å². The molecule has 2 rings (SSSR count). The molecule has 2 heterocycles. The number of rotatable bonds is 3. The number of hydrogen-bond donors (Lipinski definition) is 1. The zero-order chi connectivity index (χ0) is 12.5. The van der Waals surface area contributed by atoms with Gasteiger partial charge in [0.25, 0.3) is 0 Å². The Balaban J connectivity index is 2.28. The molecule has 1 aromatic heterocycles. The second kappa shape index (κ2) is 4.45. The third kappa shape index (κ3) is 2.17. The highest BCUT2D eigenvalue weighted by molar-refractivity contribution is 5.76. The molecule has 0 amide bonds. The number of carbonyl (C=O) groups is 1. The molecule has 1 N–H and O–H groups in total. The fourth-order valence-corrected chi connectivity index (χ4v) is 2.39. The van der Waals surface area contributed by atoms with E-state index in [1.807, 2.05) is 32.0 Å². The minimum absolute atomic E-state index is 0.262. The van der Waals surface area contributed by atoms with Gasteiger partial charge in [0.1, 0.15) is 5.41 Å². The number of carboxylic acids is 1. The standard InChI is InChI=1S/C13H17NO3/c1-9-4-3-5-11(14-9)8-13(12(15)16)6-7-17-10(13)2/h3-5,10H,6-8H2,1-2H3,(H,15,16). The predicted molar refractivity (Wildman–Crippen MR) is 62.8 cm³/mol. The van der Waals surface area contributed by atoms with Gasteiger partial charge in [-0.1, -0.05) is 6.07 Å². The number of aryl methyl sites for hydroxylation is 1. The zero-order valence-electron chi connectivity index (χ0n) is 10.1. The molecule has 1 aromatic rings. The Bertz CT molecular complexity index is 432. The van der Waals surface area contributed by atoms with E-state index < -0.39 is 11.4 Å². The van der Waals surface area contributed by atoms with E-state index >= 15 is 0 Å². The van der Waals surface area contributed by atoms with Gasteiger partial charge in [-0.25, -0.2) is 0 Å². The Morgan fingerprint density at radius 2 is 2.41 bits per heavy atom. The van der Waals surface area contributed by atoms with Crippen LogP contribution < -0.4 is 0 Å². The van der Waals surface area contributed by atoms with E-state index in [2.05, 4.69) is 4.98 Å². The molecule has 17 heavy (non-hydrogen) atoms. The van der Waals surface area contributed by atoms with Crippen molar-refractivity contribution in [3.8, 4) is 0 Å². The average molecular weight is 235 g/mol. The van der Waals surface area contributed by atoms with Crippen LogP contribution in [0, 0.1) is 12.3 Å². The number of hydrogen-bond acceptors (Lipinski definition) is 3. The molecule has 1 fully saturated rings. The summed E-state index contributed by atoms with van der Waals surface area (Å²) in [6, 6.07) is 5.70. The summed E-state index contributed by atoms with van der Waals surface area (Å²) >= 11 is 0. The predicted octanol–water partition coefficient (Wildman–Crippen LogP) is 1.81. The maximum absolute atomic E-state index is 11.5. The topological polar surface area (TPSA) is 59.4 Å². The molecule has 0 aliphatic carbocycles. The first-order valence-electron chi connectivity index (χ1n) is 5.82. The molecule has 92 valence electrons. The molecule has 0 bridgehead atoms. The van der Waals surface area contributed by atoms with Crippen molar-refractivity contribution >= 4 is 5.97 Å². The first kappa shape index (κ1) is 12.0. The summed E-state index contributed by atoms with van der Waals surface area (Å²) in [5.74, 6) is -0.786. The van der Waals surface area contributed by atoms with Crippen LogP contribution in [-0.2, 0) is 16.0 Å². The molecule has 4 nitrogen and oxygen atoms in total. The lowest BCUT2D eigenvalue weighted by molar-refractivity contribution is -0.151. The lowest BCUT2D eigenvalue weighted by Crippen LogP contribution is -2.39. The Morgan fingerprint density at radius 1 is 1.65 bits per heavy atom. The van der Waals surface area contributed by atoms with Crippen LogP contribution in [0.3, 0.4) is 0 Å². The highest BCUT2D eigenvalue weighted by atomic mass is 16.5. The summed E-state index contributed by atoms with van der Waals surface area (Å²) in [5, 5.41) is 9.46. The van der Waals surface area contributed by atoms with Crippen molar-refractivity contribution in [1.82, 2.24) is 4.98 Å². The van der Waals surface area contributed by atoms with Crippen molar-refractivity contribution < 1.29 is 14.6 Å². The van der Waals surface area contributed by atoms with Gasteiger partial charge in [-0.2, -0.15) is 0 Å². The lowest BCUT2D eigenvalue weighted by Gasteiger charge is -2.27. The minimum Gasteiger partial charge on any atom is -0.481 e. The zero-order valence-corrected chi connectivity index (χ0v) is 10.1. The van der Waals surface area contributed by atoms with Gasteiger partial charge in [-0.05, 0) is 32.4 Å². The van der Waals surface area contributed by atoms with E-state index in [1.54, 1.807) is 0 Å². The normalized spacial score (nSPS) is 28.2. The maximum Gasteiger partial charge on any atom is 0.312 e. The summed E-state index contributed by atoms with van der Waals surface area (Å²) in [5.41, 5.74) is 0.917. The number of pyridine rings is 1. The molecule has 0 spiro atoms. The number of aromatic nitrogens is 1. The number of nitrogens with zero attached hydrogens (tertiary/aromatic N) is 1. The third-order valence-electron chi connectivity index (χ3n) is 3.56. The van der Waals surface area contributed by atoms with Crippen molar-refractivity contribution in [2.75, 3.05) is 6.61 Å². The second-order valence-electron chi connectivity index (χ2n) is 4.67. The first-order valence-corrected chi connectivity index (χ1v) is 5.82. The Hall–Kier alpha value is -1.42. The summed E-state index contributed by atoms with van der Waals surface area (Å²) in [6.07, 6.45) is 0.729. The van der Waals surface area contributed by atoms with Crippen molar-refractivity contribution in [2.45, 2.75) is 32.8 Å². The number of ether oxygens (including phenoxy) is 1. The Labute approximate surface area is 101 Å². The fraction of sp³-hybridized carbons (Fsp3) is 0.538. The molecule has 1 aliphatic heterocycles. The lowest BCUT2D eigenvalue weighted by atomic mass is 9.77. The highest BCUT2D eigenvalue weighted by Gasteiger charge is 2.48. The van der Waals surface area contributed by atoms with Gasteiger partial charge in [0.2, 0.25) is 0 Å². The van der Waals surface area contributed by atoms with Crippen molar-refractivity contribution in [3.63, 3.8) is 0 Å². The van der Waals surface area contributed by atoms with Crippen molar-refractivity contribution in [3.05, 3.63) is 29.6 Å². The van der Waals surface area contributed by atoms with Crippen LogP contribution in [-0.4, -0.2) is 28.8 Å². The van der Waals surface area contributed by atoms with E-state index in [4.69, 9.17) is 4.74 Å². The summed E-state index contributed by atoms with van der Waals surface area (Å²) < 4.78 is 5.42. The highest BCUT2D eigenvalue weighted by Crippen LogP contribution is 2.38. The Morgan fingerprint density at radius 3 is 2.94 bits per heavy atom. The van der Waals surface area contributed by atoms with Gasteiger partial charge in [0.15, 0.2) is 0 Å². The molecular formula is C13H17NO3. The molecule has 2 unspecified atom stereocenters. The van der Waals surface area contributed by atoms with Gasteiger partial charge in [-0.3, -0.25) is 9.78 Å². The quantitative estimate of drug-likeness (QED) is 0.868. The summed E-state index contributed by atoms with van der Waals surface area (Å²) in [7, 11) is 0. The molecule has 1 saturated heterocycles. The Kier molecular flexibility index (Phi) is 3.15.